The van der Waals surface area contributed by atoms with Gasteiger partial charge in [-0.3, -0.25) is 4.79 Å². The third-order valence-electron chi connectivity index (χ3n) is 3.24. The first kappa shape index (κ1) is 15.0. The van der Waals surface area contributed by atoms with Crippen LogP contribution in [0.5, 0.6) is 0 Å². The topological polar surface area (TPSA) is 87.7 Å². The van der Waals surface area contributed by atoms with Crippen LogP contribution < -0.4 is 11.1 Å². The Bertz CT molecular complexity index is 479. The second-order valence-corrected chi connectivity index (χ2v) is 5.56. The molecule has 0 aromatic heterocycles. The monoisotopic (exact) mass is 263 g/mol. The van der Waals surface area contributed by atoms with Gasteiger partial charge in [-0.15, -0.1) is 0 Å². The minimum absolute atomic E-state index is 0.0373. The van der Waals surface area contributed by atoms with Crippen LogP contribution in [0, 0.1) is 0 Å². The van der Waals surface area contributed by atoms with E-state index in [2.05, 4.69) is 10.5 Å². The third-order valence-corrected chi connectivity index (χ3v) is 3.24. The molecule has 1 aromatic rings. The summed E-state index contributed by atoms with van der Waals surface area (Å²) in [7, 11) is 0. The van der Waals surface area contributed by atoms with Crippen molar-refractivity contribution in [2.24, 2.45) is 10.9 Å². The van der Waals surface area contributed by atoms with Gasteiger partial charge in [0, 0.05) is 0 Å². The molecule has 4 N–H and O–H groups in total. The van der Waals surface area contributed by atoms with E-state index in [1.807, 2.05) is 44.2 Å². The molecule has 0 radical (unpaired) electrons. The quantitative estimate of drug-likeness (QED) is 0.334. The molecule has 1 amide bonds. The van der Waals surface area contributed by atoms with Crippen molar-refractivity contribution in [2.45, 2.75) is 38.6 Å². The Morgan fingerprint density at radius 3 is 2.21 bits per heavy atom. The maximum atomic E-state index is 12.4. The standard InChI is InChI=1S/C14H21N3O2/c1-13(2,10-8-6-5-7-9-10)12(18)16-14(3,4)11(15)17-19/h5-9,19H,1-4H3,(H2,15,17)(H,16,18). The third kappa shape index (κ3) is 3.24. The lowest BCUT2D eigenvalue weighted by molar-refractivity contribution is -0.126. The number of carbonyl (C=O) groups is 1. The highest BCUT2D eigenvalue weighted by molar-refractivity contribution is 5.96. The van der Waals surface area contributed by atoms with E-state index in [1.54, 1.807) is 13.8 Å². The summed E-state index contributed by atoms with van der Waals surface area (Å²) in [5.74, 6) is -0.222. The number of hydrogen-bond donors (Lipinski definition) is 3. The molecule has 1 rings (SSSR count). The molecule has 0 aliphatic heterocycles. The molecule has 0 bridgehead atoms. The number of rotatable bonds is 4. The molecule has 0 aliphatic rings. The lowest BCUT2D eigenvalue weighted by Gasteiger charge is -2.31. The van der Waals surface area contributed by atoms with Gasteiger partial charge in [0.2, 0.25) is 5.91 Å². The number of oxime groups is 1. The van der Waals surface area contributed by atoms with Gasteiger partial charge in [0.15, 0.2) is 5.84 Å². The number of nitrogens with zero attached hydrogens (tertiary/aromatic N) is 1. The molecule has 0 saturated heterocycles. The highest BCUT2D eigenvalue weighted by Gasteiger charge is 2.35. The van der Waals surface area contributed by atoms with Crippen molar-refractivity contribution < 1.29 is 10.0 Å². The molecule has 0 spiro atoms. The van der Waals surface area contributed by atoms with Gasteiger partial charge in [-0.1, -0.05) is 35.5 Å². The average molecular weight is 263 g/mol. The number of nitrogens with one attached hydrogen (secondary N) is 1. The van der Waals surface area contributed by atoms with E-state index < -0.39 is 11.0 Å². The summed E-state index contributed by atoms with van der Waals surface area (Å²) in [4.78, 5) is 12.4. The number of carbonyl (C=O) groups excluding carboxylic acids is 1. The Morgan fingerprint density at radius 2 is 1.74 bits per heavy atom. The zero-order valence-corrected chi connectivity index (χ0v) is 11.8. The molecule has 0 atom stereocenters. The molecule has 1 aromatic carbocycles. The summed E-state index contributed by atoms with van der Waals surface area (Å²) in [6.07, 6.45) is 0. The van der Waals surface area contributed by atoms with Crippen LogP contribution in [0.15, 0.2) is 35.5 Å². The minimum atomic E-state index is -0.905. The number of amidine groups is 1. The van der Waals surface area contributed by atoms with Crippen LogP contribution in [0.4, 0.5) is 0 Å². The number of benzene rings is 1. The maximum absolute atomic E-state index is 12.4. The van der Waals surface area contributed by atoms with Crippen molar-refractivity contribution in [3.8, 4) is 0 Å². The van der Waals surface area contributed by atoms with Crippen LogP contribution >= 0.6 is 0 Å². The zero-order chi connectivity index (χ0) is 14.7. The van der Waals surface area contributed by atoms with Crippen molar-refractivity contribution in [3.63, 3.8) is 0 Å². The summed E-state index contributed by atoms with van der Waals surface area (Å²) < 4.78 is 0. The first-order valence-corrected chi connectivity index (χ1v) is 6.08. The van der Waals surface area contributed by atoms with Gasteiger partial charge in [-0.05, 0) is 33.3 Å². The predicted octanol–water partition coefficient (Wildman–Crippen LogP) is 1.61. The van der Waals surface area contributed by atoms with E-state index in [-0.39, 0.29) is 11.7 Å². The molecular weight excluding hydrogens is 242 g/mol. The van der Waals surface area contributed by atoms with Crippen LogP contribution in [0.1, 0.15) is 33.3 Å². The first-order valence-electron chi connectivity index (χ1n) is 6.08. The predicted molar refractivity (Wildman–Crippen MR) is 75.1 cm³/mol. The van der Waals surface area contributed by atoms with Gasteiger partial charge in [0.05, 0.1) is 11.0 Å². The Morgan fingerprint density at radius 1 is 1.21 bits per heavy atom. The van der Waals surface area contributed by atoms with Crippen LogP contribution in [-0.2, 0) is 10.2 Å². The van der Waals surface area contributed by atoms with E-state index in [1.165, 1.54) is 0 Å². The molecular formula is C14H21N3O2. The molecule has 19 heavy (non-hydrogen) atoms. The minimum Gasteiger partial charge on any atom is -0.409 e. The van der Waals surface area contributed by atoms with Crippen LogP contribution in [0.2, 0.25) is 0 Å². The maximum Gasteiger partial charge on any atom is 0.230 e. The summed E-state index contributed by atoms with van der Waals surface area (Å²) >= 11 is 0. The number of amides is 1. The highest BCUT2D eigenvalue weighted by Crippen LogP contribution is 2.24. The largest absolute Gasteiger partial charge is 0.409 e. The Kier molecular flexibility index (Phi) is 4.19. The average Bonchev–Trinajstić information content (AvgIpc) is 2.38. The summed E-state index contributed by atoms with van der Waals surface area (Å²) in [5, 5.41) is 14.5. The summed E-state index contributed by atoms with van der Waals surface area (Å²) in [6, 6.07) is 9.47. The highest BCUT2D eigenvalue weighted by atomic mass is 16.4. The van der Waals surface area contributed by atoms with Crippen molar-refractivity contribution in [1.82, 2.24) is 5.32 Å². The van der Waals surface area contributed by atoms with Gasteiger partial charge in [-0.25, -0.2) is 0 Å². The van der Waals surface area contributed by atoms with Crippen molar-refractivity contribution in [3.05, 3.63) is 35.9 Å². The normalized spacial score (nSPS) is 13.2. The van der Waals surface area contributed by atoms with E-state index >= 15 is 0 Å². The smallest absolute Gasteiger partial charge is 0.230 e. The van der Waals surface area contributed by atoms with Crippen LogP contribution in [-0.4, -0.2) is 22.5 Å². The molecule has 5 nitrogen and oxygen atoms in total. The van der Waals surface area contributed by atoms with Crippen LogP contribution in [0.3, 0.4) is 0 Å². The van der Waals surface area contributed by atoms with Gasteiger partial charge >= 0.3 is 0 Å². The Hall–Kier alpha value is -2.04. The van der Waals surface area contributed by atoms with E-state index in [0.717, 1.165) is 5.56 Å². The Labute approximate surface area is 113 Å². The number of hydrogen-bond acceptors (Lipinski definition) is 3. The van der Waals surface area contributed by atoms with Gasteiger partial charge in [-0.2, -0.15) is 0 Å². The summed E-state index contributed by atoms with van der Waals surface area (Å²) in [5.41, 5.74) is 4.87. The van der Waals surface area contributed by atoms with Crippen molar-refractivity contribution in [2.75, 3.05) is 0 Å². The molecule has 0 saturated carbocycles. The molecule has 0 fully saturated rings. The lowest BCUT2D eigenvalue weighted by atomic mass is 9.83. The summed E-state index contributed by atoms with van der Waals surface area (Å²) in [6.45, 7) is 7.03. The molecule has 104 valence electrons. The second kappa shape index (κ2) is 5.30. The van der Waals surface area contributed by atoms with Gasteiger partial charge in [0.25, 0.3) is 0 Å². The lowest BCUT2D eigenvalue weighted by Crippen LogP contribution is -2.57. The SMILES string of the molecule is CC(C)(NC(=O)C(C)(C)c1ccccc1)/C(N)=N/O. The van der Waals surface area contributed by atoms with E-state index in [0.29, 0.717) is 0 Å². The Balaban J connectivity index is 2.95. The zero-order valence-electron chi connectivity index (χ0n) is 11.8. The van der Waals surface area contributed by atoms with E-state index in [4.69, 9.17) is 10.9 Å². The fourth-order valence-corrected chi connectivity index (χ4v) is 1.62. The second-order valence-electron chi connectivity index (χ2n) is 5.56. The molecule has 0 heterocycles. The molecule has 5 heteroatoms. The fourth-order valence-electron chi connectivity index (χ4n) is 1.62. The molecule has 0 unspecified atom stereocenters. The first-order chi connectivity index (χ1) is 8.71. The van der Waals surface area contributed by atoms with Crippen LogP contribution in [0.25, 0.3) is 0 Å². The fraction of sp³-hybridized carbons (Fsp3) is 0.429. The van der Waals surface area contributed by atoms with Gasteiger partial charge in [0.1, 0.15) is 0 Å². The van der Waals surface area contributed by atoms with Gasteiger partial charge < -0.3 is 16.3 Å². The van der Waals surface area contributed by atoms with Crippen molar-refractivity contribution in [1.29, 1.82) is 0 Å². The van der Waals surface area contributed by atoms with Crippen molar-refractivity contribution >= 4 is 11.7 Å². The molecule has 0 aliphatic carbocycles. The number of nitrogens with two attached hydrogens (primary N) is 1. The van der Waals surface area contributed by atoms with E-state index in [9.17, 15) is 4.79 Å².